The lowest BCUT2D eigenvalue weighted by atomic mass is 10.2. The number of benzene rings is 1. The van der Waals surface area contributed by atoms with Crippen molar-refractivity contribution in [3.63, 3.8) is 0 Å². The van der Waals surface area contributed by atoms with Crippen LogP contribution in [-0.2, 0) is 0 Å². The van der Waals surface area contributed by atoms with Gasteiger partial charge in [-0.05, 0) is 31.5 Å². The molecule has 1 aromatic heterocycles. The standard InChI is InChI=1S/C14H16ClN3OS.2ClH/c15-11-5-3-4-10(8-11)14-18-12(9-20-14)13(19)17-7-2-1-6-16;;/h3-5,8-9H,1-2,6-7,16H2,(H,17,19);2*1H. The van der Waals surface area contributed by atoms with Gasteiger partial charge in [0.2, 0.25) is 0 Å². The number of nitrogens with two attached hydrogens (primary N) is 1. The van der Waals surface area contributed by atoms with Gasteiger partial charge in [-0.15, -0.1) is 36.2 Å². The minimum Gasteiger partial charge on any atom is -0.351 e. The first-order valence-corrected chi connectivity index (χ1v) is 7.66. The van der Waals surface area contributed by atoms with E-state index >= 15 is 0 Å². The first-order valence-electron chi connectivity index (χ1n) is 6.40. The number of thiazole rings is 1. The van der Waals surface area contributed by atoms with Gasteiger partial charge in [0.25, 0.3) is 5.91 Å². The van der Waals surface area contributed by atoms with E-state index in [1.807, 2.05) is 24.3 Å². The van der Waals surface area contributed by atoms with Crippen LogP contribution in [0.1, 0.15) is 23.3 Å². The molecule has 0 unspecified atom stereocenters. The van der Waals surface area contributed by atoms with Crippen molar-refractivity contribution in [3.05, 3.63) is 40.4 Å². The molecule has 0 radical (unpaired) electrons. The van der Waals surface area contributed by atoms with E-state index in [0.717, 1.165) is 23.4 Å². The van der Waals surface area contributed by atoms with Crippen molar-refractivity contribution in [1.82, 2.24) is 10.3 Å². The lowest BCUT2D eigenvalue weighted by Crippen LogP contribution is -2.25. The molecule has 0 atom stereocenters. The minimum absolute atomic E-state index is 0. The van der Waals surface area contributed by atoms with Crippen LogP contribution >= 0.6 is 47.8 Å². The highest BCUT2D eigenvalue weighted by Crippen LogP contribution is 2.25. The molecule has 1 heterocycles. The number of nitrogens with zero attached hydrogens (tertiary/aromatic N) is 1. The number of halogens is 3. The summed E-state index contributed by atoms with van der Waals surface area (Å²) in [6.45, 7) is 1.27. The zero-order valence-electron chi connectivity index (χ0n) is 11.8. The van der Waals surface area contributed by atoms with Crippen molar-refractivity contribution < 1.29 is 4.79 Å². The lowest BCUT2D eigenvalue weighted by Gasteiger charge is -2.01. The van der Waals surface area contributed by atoms with Crippen molar-refractivity contribution in [2.24, 2.45) is 5.73 Å². The Bertz CT molecular complexity index is 592. The summed E-state index contributed by atoms with van der Waals surface area (Å²) in [5, 5.41) is 6.04. The van der Waals surface area contributed by atoms with Crippen molar-refractivity contribution in [2.75, 3.05) is 13.1 Å². The molecule has 8 heteroatoms. The van der Waals surface area contributed by atoms with E-state index < -0.39 is 0 Å². The molecule has 2 rings (SSSR count). The fraction of sp³-hybridized carbons (Fsp3) is 0.286. The van der Waals surface area contributed by atoms with E-state index in [0.29, 0.717) is 23.8 Å². The predicted molar refractivity (Wildman–Crippen MR) is 97.7 cm³/mol. The number of amides is 1. The average Bonchev–Trinajstić information content (AvgIpc) is 2.93. The summed E-state index contributed by atoms with van der Waals surface area (Å²) in [6.07, 6.45) is 1.79. The molecule has 0 saturated carbocycles. The fourth-order valence-corrected chi connectivity index (χ4v) is 2.68. The number of rotatable bonds is 6. The van der Waals surface area contributed by atoms with Crippen LogP contribution in [0.2, 0.25) is 5.02 Å². The Balaban J connectivity index is 0.00000220. The van der Waals surface area contributed by atoms with Crippen LogP contribution in [0.5, 0.6) is 0 Å². The Morgan fingerprint density at radius 2 is 2.09 bits per heavy atom. The Kier molecular flexibility index (Phi) is 10.4. The van der Waals surface area contributed by atoms with Crippen LogP contribution in [0.4, 0.5) is 0 Å². The zero-order valence-corrected chi connectivity index (χ0v) is 15.0. The Labute approximate surface area is 151 Å². The van der Waals surface area contributed by atoms with Gasteiger partial charge in [0.05, 0.1) is 0 Å². The van der Waals surface area contributed by atoms with Gasteiger partial charge in [0, 0.05) is 22.5 Å². The number of carbonyl (C=O) groups excluding carboxylic acids is 1. The third kappa shape index (κ3) is 6.10. The highest BCUT2D eigenvalue weighted by Gasteiger charge is 2.11. The second kappa shape index (κ2) is 10.8. The highest BCUT2D eigenvalue weighted by molar-refractivity contribution is 7.13. The maximum absolute atomic E-state index is 11.9. The number of unbranched alkanes of at least 4 members (excludes halogenated alkanes) is 1. The monoisotopic (exact) mass is 381 g/mol. The van der Waals surface area contributed by atoms with Crippen molar-refractivity contribution in [2.45, 2.75) is 12.8 Å². The molecule has 22 heavy (non-hydrogen) atoms. The molecule has 1 aromatic carbocycles. The first-order chi connectivity index (χ1) is 9.70. The molecule has 3 N–H and O–H groups in total. The van der Waals surface area contributed by atoms with Gasteiger partial charge in [0.1, 0.15) is 10.7 Å². The van der Waals surface area contributed by atoms with Gasteiger partial charge >= 0.3 is 0 Å². The molecule has 2 aromatic rings. The average molecular weight is 383 g/mol. The maximum Gasteiger partial charge on any atom is 0.270 e. The molecular formula is C14H18Cl3N3OS. The van der Waals surface area contributed by atoms with Crippen LogP contribution < -0.4 is 11.1 Å². The van der Waals surface area contributed by atoms with Gasteiger partial charge in [0.15, 0.2) is 0 Å². The molecule has 0 saturated heterocycles. The van der Waals surface area contributed by atoms with Crippen molar-refractivity contribution in [1.29, 1.82) is 0 Å². The lowest BCUT2D eigenvalue weighted by molar-refractivity contribution is 0.0949. The summed E-state index contributed by atoms with van der Waals surface area (Å²) >= 11 is 7.38. The first kappa shape index (κ1) is 21.1. The fourth-order valence-electron chi connectivity index (χ4n) is 1.69. The minimum atomic E-state index is -0.147. The number of carbonyl (C=O) groups is 1. The molecule has 4 nitrogen and oxygen atoms in total. The Morgan fingerprint density at radius 1 is 1.32 bits per heavy atom. The van der Waals surface area contributed by atoms with Gasteiger partial charge in [-0.25, -0.2) is 4.98 Å². The van der Waals surface area contributed by atoms with Gasteiger partial charge in [-0.1, -0.05) is 23.7 Å². The van der Waals surface area contributed by atoms with E-state index in [4.69, 9.17) is 17.3 Å². The molecule has 0 fully saturated rings. The molecular weight excluding hydrogens is 365 g/mol. The molecule has 122 valence electrons. The predicted octanol–water partition coefficient (Wildman–Crippen LogP) is 3.78. The number of hydrogen-bond acceptors (Lipinski definition) is 4. The van der Waals surface area contributed by atoms with Gasteiger partial charge in [-0.2, -0.15) is 0 Å². The largest absolute Gasteiger partial charge is 0.351 e. The SMILES string of the molecule is Cl.Cl.NCCCCNC(=O)c1csc(-c2cccc(Cl)c2)n1. The van der Waals surface area contributed by atoms with Crippen LogP contribution in [-0.4, -0.2) is 24.0 Å². The van der Waals surface area contributed by atoms with Crippen molar-refractivity contribution in [3.8, 4) is 10.6 Å². The number of aromatic nitrogens is 1. The van der Waals surface area contributed by atoms with E-state index in [1.165, 1.54) is 11.3 Å². The topological polar surface area (TPSA) is 68.0 Å². The van der Waals surface area contributed by atoms with Gasteiger partial charge < -0.3 is 11.1 Å². The van der Waals surface area contributed by atoms with Crippen molar-refractivity contribution >= 4 is 53.7 Å². The van der Waals surface area contributed by atoms with Crippen LogP contribution in [0.15, 0.2) is 29.6 Å². The molecule has 0 bridgehead atoms. The number of hydrogen-bond donors (Lipinski definition) is 2. The van der Waals surface area contributed by atoms with E-state index in [2.05, 4.69) is 10.3 Å². The molecule has 1 amide bonds. The van der Waals surface area contributed by atoms with Gasteiger partial charge in [-0.3, -0.25) is 4.79 Å². The smallest absolute Gasteiger partial charge is 0.270 e. The zero-order chi connectivity index (χ0) is 14.4. The summed E-state index contributed by atoms with van der Waals surface area (Å²) in [5.74, 6) is -0.147. The van der Waals surface area contributed by atoms with Crippen LogP contribution in [0.3, 0.4) is 0 Å². The van der Waals surface area contributed by atoms with E-state index in [1.54, 1.807) is 5.38 Å². The Morgan fingerprint density at radius 3 is 2.77 bits per heavy atom. The molecule has 0 aliphatic heterocycles. The summed E-state index contributed by atoms with van der Waals surface area (Å²) in [7, 11) is 0. The third-order valence-corrected chi connectivity index (χ3v) is 3.85. The summed E-state index contributed by atoms with van der Waals surface area (Å²) < 4.78 is 0. The van der Waals surface area contributed by atoms with Crippen LogP contribution in [0.25, 0.3) is 10.6 Å². The second-order valence-corrected chi connectivity index (χ2v) is 5.59. The molecule has 0 aliphatic rings. The maximum atomic E-state index is 11.9. The quantitative estimate of drug-likeness (QED) is 0.747. The Hall–Kier alpha value is -0.850. The summed E-state index contributed by atoms with van der Waals surface area (Å²) in [5.41, 5.74) is 6.77. The van der Waals surface area contributed by atoms with Crippen LogP contribution in [0, 0.1) is 0 Å². The molecule has 0 aliphatic carbocycles. The summed E-state index contributed by atoms with van der Waals surface area (Å²) in [6, 6.07) is 7.44. The highest BCUT2D eigenvalue weighted by atomic mass is 35.5. The second-order valence-electron chi connectivity index (χ2n) is 4.30. The summed E-state index contributed by atoms with van der Waals surface area (Å²) in [4.78, 5) is 16.2. The molecule has 0 spiro atoms. The normalized spacial score (nSPS) is 9.55. The van der Waals surface area contributed by atoms with E-state index in [-0.39, 0.29) is 30.7 Å². The number of nitrogens with one attached hydrogen (secondary N) is 1. The third-order valence-electron chi connectivity index (χ3n) is 2.72. The van der Waals surface area contributed by atoms with E-state index in [9.17, 15) is 4.79 Å².